The topological polar surface area (TPSA) is 90.4 Å². The van der Waals surface area contributed by atoms with Gasteiger partial charge in [-0.3, -0.25) is 9.59 Å². The average molecular weight is 433 g/mol. The summed E-state index contributed by atoms with van der Waals surface area (Å²) >= 11 is 12.1. The van der Waals surface area contributed by atoms with Crippen molar-refractivity contribution in [2.75, 3.05) is 33.2 Å². The maximum absolute atomic E-state index is 12.9. The van der Waals surface area contributed by atoms with Crippen molar-refractivity contribution in [2.24, 2.45) is 5.10 Å². The van der Waals surface area contributed by atoms with Crippen LogP contribution in [0, 0.1) is 0 Å². The summed E-state index contributed by atoms with van der Waals surface area (Å²) in [5, 5.41) is 5.30. The van der Waals surface area contributed by atoms with Crippen LogP contribution in [0.4, 0.5) is 0 Å². The van der Waals surface area contributed by atoms with Gasteiger partial charge >= 0.3 is 0 Å². The number of carbonyl (C=O) groups excluding carboxylic acids is 2. The van der Waals surface area contributed by atoms with Gasteiger partial charge in [0.15, 0.2) is 0 Å². The molecule has 0 unspecified atom stereocenters. The summed E-state index contributed by atoms with van der Waals surface area (Å²) in [5.41, 5.74) is 0.308. The van der Waals surface area contributed by atoms with Crippen LogP contribution in [-0.4, -0.2) is 73.4 Å². The van der Waals surface area contributed by atoms with Crippen molar-refractivity contribution in [1.29, 1.82) is 0 Å². The molecule has 3 rings (SSSR count). The fourth-order valence-corrected chi connectivity index (χ4v) is 5.51. The molecule has 2 heterocycles. The van der Waals surface area contributed by atoms with Crippen molar-refractivity contribution < 1.29 is 18.0 Å². The number of amides is 2. The maximum Gasteiger partial charge on any atom is 0.270 e. The second-order valence-electron chi connectivity index (χ2n) is 6.21. The number of piperazine rings is 1. The first-order valence-corrected chi connectivity index (χ1v) is 10.5. The first kappa shape index (κ1) is 20.1. The minimum absolute atomic E-state index is 0.0604. The molecule has 0 aromatic heterocycles. The molecule has 1 fully saturated rings. The van der Waals surface area contributed by atoms with Crippen molar-refractivity contribution in [3.05, 3.63) is 28.2 Å². The minimum atomic E-state index is -3.87. The lowest BCUT2D eigenvalue weighted by atomic mass is 10.1. The van der Waals surface area contributed by atoms with Gasteiger partial charge in [0.2, 0.25) is 15.9 Å². The molecule has 1 aromatic rings. The molecule has 11 heteroatoms. The van der Waals surface area contributed by atoms with Crippen molar-refractivity contribution in [3.63, 3.8) is 0 Å². The molecule has 2 aliphatic heterocycles. The van der Waals surface area contributed by atoms with E-state index in [0.717, 1.165) is 5.01 Å². The molecule has 0 bridgehead atoms. The third kappa shape index (κ3) is 3.96. The fourth-order valence-electron chi connectivity index (χ4n) is 3.00. The van der Waals surface area contributed by atoms with Crippen molar-refractivity contribution in [3.8, 4) is 0 Å². The van der Waals surface area contributed by atoms with Crippen LogP contribution in [0.1, 0.15) is 12.8 Å². The highest BCUT2D eigenvalue weighted by molar-refractivity contribution is 7.89. The lowest BCUT2D eigenvalue weighted by Gasteiger charge is -2.35. The van der Waals surface area contributed by atoms with Crippen molar-refractivity contribution in [1.82, 2.24) is 14.2 Å². The SMILES string of the molecule is CN1N=C(C(=O)N2CCN(S(=O)(=O)c3c(Cl)cccc3Cl)CC2)CCC1=O. The largest absolute Gasteiger partial charge is 0.335 e. The molecule has 27 heavy (non-hydrogen) atoms. The Morgan fingerprint density at radius 2 is 1.67 bits per heavy atom. The standard InChI is InChI=1S/C16H18Cl2N4O4S/c1-20-14(23)6-5-13(19-20)16(24)21-7-9-22(10-8-21)27(25,26)15-11(17)3-2-4-12(15)18/h2-4H,5-10H2,1H3. The quantitative estimate of drug-likeness (QED) is 0.722. The summed E-state index contributed by atoms with van der Waals surface area (Å²) in [5.74, 6) is -0.416. The van der Waals surface area contributed by atoms with Crippen LogP contribution in [0.3, 0.4) is 0 Å². The van der Waals surface area contributed by atoms with Crippen LogP contribution in [0.5, 0.6) is 0 Å². The summed E-state index contributed by atoms with van der Waals surface area (Å²) in [7, 11) is -2.36. The van der Waals surface area contributed by atoms with Gasteiger partial charge < -0.3 is 4.90 Å². The molecule has 0 N–H and O–H groups in total. The number of nitrogens with zero attached hydrogens (tertiary/aromatic N) is 4. The Hall–Kier alpha value is -1.68. The maximum atomic E-state index is 12.9. The Morgan fingerprint density at radius 3 is 2.22 bits per heavy atom. The average Bonchev–Trinajstić information content (AvgIpc) is 2.63. The molecule has 0 aliphatic carbocycles. The zero-order valence-electron chi connectivity index (χ0n) is 14.6. The zero-order chi connectivity index (χ0) is 19.8. The van der Waals surface area contributed by atoms with Gasteiger partial charge in [-0.1, -0.05) is 29.3 Å². The van der Waals surface area contributed by atoms with Crippen LogP contribution in [0.2, 0.25) is 10.0 Å². The van der Waals surface area contributed by atoms with Crippen molar-refractivity contribution >= 4 is 50.8 Å². The number of sulfonamides is 1. The molecule has 0 spiro atoms. The number of rotatable bonds is 3. The van der Waals surface area contributed by atoms with Gasteiger partial charge in [0, 0.05) is 46.1 Å². The predicted octanol–water partition coefficient (Wildman–Crippen LogP) is 1.43. The van der Waals surface area contributed by atoms with Crippen LogP contribution in [0.15, 0.2) is 28.2 Å². The van der Waals surface area contributed by atoms with Crippen molar-refractivity contribution in [2.45, 2.75) is 17.7 Å². The van der Waals surface area contributed by atoms with E-state index in [1.165, 1.54) is 23.5 Å². The van der Waals surface area contributed by atoms with Gasteiger partial charge in [-0.05, 0) is 12.1 Å². The molecule has 1 aromatic carbocycles. The second-order valence-corrected chi connectivity index (χ2v) is 8.90. The predicted molar refractivity (Wildman–Crippen MR) is 101 cm³/mol. The Labute approximate surface area is 167 Å². The Balaban J connectivity index is 1.71. The zero-order valence-corrected chi connectivity index (χ0v) is 16.9. The lowest BCUT2D eigenvalue weighted by molar-refractivity contribution is -0.130. The number of hydrogen-bond donors (Lipinski definition) is 0. The lowest BCUT2D eigenvalue weighted by Crippen LogP contribution is -2.52. The van der Waals surface area contributed by atoms with E-state index >= 15 is 0 Å². The molecule has 146 valence electrons. The summed E-state index contributed by atoms with van der Waals surface area (Å²) < 4.78 is 27.0. The van der Waals surface area contributed by atoms with Gasteiger partial charge in [0.05, 0.1) is 10.0 Å². The molecule has 0 saturated carbocycles. The Kier molecular flexibility index (Phi) is 5.76. The first-order chi connectivity index (χ1) is 12.7. The highest BCUT2D eigenvalue weighted by atomic mass is 35.5. The molecule has 2 amide bonds. The van der Waals surface area contributed by atoms with Crippen LogP contribution in [0.25, 0.3) is 0 Å². The molecule has 0 atom stereocenters. The molecule has 1 saturated heterocycles. The second kappa shape index (κ2) is 7.75. The number of halogens is 2. The third-order valence-electron chi connectivity index (χ3n) is 4.50. The van der Waals surface area contributed by atoms with E-state index in [1.807, 2.05) is 0 Å². The highest BCUT2D eigenvalue weighted by Crippen LogP contribution is 2.31. The van der Waals surface area contributed by atoms with E-state index in [-0.39, 0.29) is 65.8 Å². The van der Waals surface area contributed by atoms with Gasteiger partial charge in [-0.2, -0.15) is 9.41 Å². The molecular formula is C16H18Cl2N4O4S. The third-order valence-corrected chi connectivity index (χ3v) is 7.35. The Morgan fingerprint density at radius 1 is 1.07 bits per heavy atom. The minimum Gasteiger partial charge on any atom is -0.335 e. The van der Waals surface area contributed by atoms with E-state index in [4.69, 9.17) is 23.2 Å². The smallest absolute Gasteiger partial charge is 0.270 e. The molecule has 2 aliphatic rings. The van der Waals surface area contributed by atoms with Gasteiger partial charge in [-0.25, -0.2) is 13.4 Å². The van der Waals surface area contributed by atoms with E-state index in [1.54, 1.807) is 11.0 Å². The summed E-state index contributed by atoms with van der Waals surface area (Å²) in [6.45, 7) is 0.684. The van der Waals surface area contributed by atoms with E-state index < -0.39 is 10.0 Å². The fraction of sp³-hybridized carbons (Fsp3) is 0.438. The van der Waals surface area contributed by atoms with E-state index in [9.17, 15) is 18.0 Å². The summed E-state index contributed by atoms with van der Waals surface area (Å²) in [6.07, 6.45) is 0.524. The molecule has 8 nitrogen and oxygen atoms in total. The number of benzene rings is 1. The van der Waals surface area contributed by atoms with Crippen LogP contribution < -0.4 is 0 Å². The Bertz CT molecular complexity index is 891. The number of carbonyl (C=O) groups is 2. The van der Waals surface area contributed by atoms with Gasteiger partial charge in [0.25, 0.3) is 5.91 Å². The first-order valence-electron chi connectivity index (χ1n) is 8.29. The number of hydrogen-bond acceptors (Lipinski definition) is 5. The summed E-state index contributed by atoms with van der Waals surface area (Å²) in [6, 6.07) is 4.52. The number of hydrazone groups is 1. The molecular weight excluding hydrogens is 415 g/mol. The van der Waals surface area contributed by atoms with Crippen LogP contribution in [-0.2, 0) is 19.6 Å². The monoisotopic (exact) mass is 432 g/mol. The molecule has 0 radical (unpaired) electrons. The highest BCUT2D eigenvalue weighted by Gasteiger charge is 2.34. The van der Waals surface area contributed by atoms with Gasteiger partial charge in [-0.15, -0.1) is 0 Å². The van der Waals surface area contributed by atoms with Gasteiger partial charge in [0.1, 0.15) is 10.6 Å². The summed E-state index contributed by atoms with van der Waals surface area (Å²) in [4.78, 5) is 25.5. The van der Waals surface area contributed by atoms with Crippen LogP contribution >= 0.6 is 23.2 Å². The van der Waals surface area contributed by atoms with E-state index in [2.05, 4.69) is 5.10 Å². The normalized spacial score (nSPS) is 19.2. The van der Waals surface area contributed by atoms with E-state index in [0.29, 0.717) is 5.71 Å².